The Bertz CT molecular complexity index is 2140. The van der Waals surface area contributed by atoms with Crippen molar-refractivity contribution in [3.8, 4) is 33.6 Å². The molecule has 1 saturated heterocycles. The average Bonchev–Trinajstić information content (AvgIpc) is 4.07. The van der Waals surface area contributed by atoms with Crippen molar-refractivity contribution in [1.29, 1.82) is 0 Å². The summed E-state index contributed by atoms with van der Waals surface area (Å²) in [5.74, 6) is 1.27. The molecule has 1 aliphatic heterocycles. The third kappa shape index (κ3) is 8.06. The highest BCUT2D eigenvalue weighted by Gasteiger charge is 2.40. The lowest BCUT2D eigenvalue weighted by atomic mass is 9.89. The number of amides is 4. The van der Waals surface area contributed by atoms with Gasteiger partial charge in [-0.2, -0.15) is 0 Å². The highest BCUT2D eigenvalue weighted by atomic mass is 16.5. The molecule has 308 valence electrons. The van der Waals surface area contributed by atoms with Gasteiger partial charge in [0.05, 0.1) is 37.8 Å². The Morgan fingerprint density at radius 1 is 0.810 bits per heavy atom. The summed E-state index contributed by atoms with van der Waals surface area (Å²) in [5, 5.41) is 5.44. The van der Waals surface area contributed by atoms with Crippen LogP contribution in [0.1, 0.15) is 94.7 Å². The summed E-state index contributed by atoms with van der Waals surface area (Å²) in [5.41, 5.74) is 8.55. The first kappa shape index (κ1) is 40.5. The summed E-state index contributed by atoms with van der Waals surface area (Å²) in [7, 11) is 4.42. The largest absolute Gasteiger partial charge is 0.453 e. The predicted octanol–water partition coefficient (Wildman–Crippen LogP) is 6.75. The minimum Gasteiger partial charge on any atom is -0.453 e. The summed E-state index contributed by atoms with van der Waals surface area (Å²) in [4.78, 5) is 71.9. The van der Waals surface area contributed by atoms with Crippen LogP contribution in [-0.2, 0) is 31.9 Å². The molecule has 2 fully saturated rings. The number of carbonyl (C=O) groups excluding carboxylic acids is 4. The molecule has 0 unspecified atom stereocenters. The predicted molar refractivity (Wildman–Crippen MR) is 220 cm³/mol. The lowest BCUT2D eigenvalue weighted by Crippen LogP contribution is -2.53. The molecule has 0 radical (unpaired) electrons. The molecule has 5 atom stereocenters. The molecule has 3 heterocycles. The van der Waals surface area contributed by atoms with Crippen molar-refractivity contribution in [2.24, 2.45) is 11.8 Å². The monoisotopic (exact) mass is 792 g/mol. The van der Waals surface area contributed by atoms with Crippen LogP contribution in [0.2, 0.25) is 0 Å². The number of alkyl carbamates (subject to hydrolysis) is 2. The van der Waals surface area contributed by atoms with Crippen LogP contribution in [0.3, 0.4) is 0 Å². The van der Waals surface area contributed by atoms with Gasteiger partial charge in [-0.3, -0.25) is 9.59 Å². The Hall–Kier alpha value is -5.66. The van der Waals surface area contributed by atoms with E-state index in [2.05, 4.69) is 63.1 Å². The fourth-order valence-electron chi connectivity index (χ4n) is 8.97. The second-order valence-electron chi connectivity index (χ2n) is 16.5. The second-order valence-corrected chi connectivity index (χ2v) is 16.5. The van der Waals surface area contributed by atoms with Crippen molar-refractivity contribution in [3.05, 3.63) is 71.6 Å². The second kappa shape index (κ2) is 17.1. The van der Waals surface area contributed by atoms with Crippen LogP contribution >= 0.6 is 0 Å². The molecule has 0 spiro atoms. The molecule has 14 nitrogen and oxygen atoms in total. The van der Waals surface area contributed by atoms with Gasteiger partial charge in [0.2, 0.25) is 11.8 Å². The van der Waals surface area contributed by atoms with Gasteiger partial charge in [0.15, 0.2) is 0 Å². The van der Waals surface area contributed by atoms with Gasteiger partial charge in [0.1, 0.15) is 23.7 Å². The normalized spacial score (nSPS) is 19.7. The number of hydrogen-bond acceptors (Lipinski definition) is 8. The molecular formula is C44H56N8O6. The van der Waals surface area contributed by atoms with E-state index in [9.17, 15) is 19.2 Å². The standard InChI is InChI=1S/C44H56N8O6/c1-24(2)36(49-43(55)57-6)41(53)51(5)34-11-8-10-31(34)39-45-23-33(47-39)27-15-13-26(14-16-27)28-17-19-30-29(22-28)18-20-32-38(30)48-40(46-32)35-12-9-21-52(35)42(54)37(25(3)4)50-44(56)58-7/h13-17,19,22-25,31,34-37H,8-12,18,20-21H2,1-7H3,(H,45,47)(H,46,48)(H,49,55)(H,50,56)/t31-,34-,35-,36-,37-/m0/s1. The Labute approximate surface area is 339 Å². The zero-order valence-electron chi connectivity index (χ0n) is 34.6. The van der Waals surface area contributed by atoms with Crippen LogP contribution in [0.25, 0.3) is 33.6 Å². The number of rotatable bonds is 11. The van der Waals surface area contributed by atoms with E-state index in [4.69, 9.17) is 19.4 Å². The van der Waals surface area contributed by atoms with E-state index in [-0.39, 0.29) is 41.7 Å². The van der Waals surface area contributed by atoms with Crippen molar-refractivity contribution in [2.75, 3.05) is 27.8 Å². The van der Waals surface area contributed by atoms with Crippen molar-refractivity contribution in [1.82, 2.24) is 40.4 Å². The minimum absolute atomic E-state index is 0.0383. The number of likely N-dealkylation sites (tertiary alicyclic amines) is 1. The fourth-order valence-corrected chi connectivity index (χ4v) is 8.97. The number of nitrogens with zero attached hydrogens (tertiary/aromatic N) is 4. The molecular weight excluding hydrogens is 737 g/mol. The summed E-state index contributed by atoms with van der Waals surface area (Å²) in [6, 6.07) is 13.5. The number of likely N-dealkylation sites (N-methyl/N-ethyl adjacent to an activating group) is 1. The van der Waals surface area contributed by atoms with Crippen LogP contribution in [0.5, 0.6) is 0 Å². The lowest BCUT2D eigenvalue weighted by Gasteiger charge is -2.33. The third-order valence-corrected chi connectivity index (χ3v) is 12.2. The maximum Gasteiger partial charge on any atom is 0.407 e. The number of carbonyl (C=O) groups is 4. The molecule has 4 aromatic rings. The Morgan fingerprint density at radius 3 is 2.17 bits per heavy atom. The number of methoxy groups -OCH3 is 2. The number of ether oxygens (including phenoxy) is 2. The zero-order chi connectivity index (χ0) is 41.2. The maximum absolute atomic E-state index is 13.7. The van der Waals surface area contributed by atoms with E-state index in [1.165, 1.54) is 19.8 Å². The topological polar surface area (TPSA) is 175 Å². The van der Waals surface area contributed by atoms with Gasteiger partial charge in [0, 0.05) is 36.8 Å². The Morgan fingerprint density at radius 2 is 1.48 bits per heavy atom. The molecule has 2 aromatic carbocycles. The number of benzene rings is 2. The molecule has 14 heteroatoms. The molecule has 3 aliphatic rings. The number of aromatic amines is 2. The molecule has 1 saturated carbocycles. The highest BCUT2D eigenvalue weighted by Crippen LogP contribution is 2.40. The fraction of sp³-hybridized carbons (Fsp3) is 0.500. The molecule has 2 aliphatic carbocycles. The van der Waals surface area contributed by atoms with E-state index >= 15 is 0 Å². The van der Waals surface area contributed by atoms with Gasteiger partial charge in [-0.25, -0.2) is 19.6 Å². The molecule has 2 aromatic heterocycles. The van der Waals surface area contributed by atoms with Gasteiger partial charge < -0.3 is 39.9 Å². The van der Waals surface area contributed by atoms with E-state index in [1.54, 1.807) is 4.90 Å². The van der Waals surface area contributed by atoms with Gasteiger partial charge in [-0.1, -0.05) is 76.6 Å². The van der Waals surface area contributed by atoms with Crippen LogP contribution in [0.15, 0.2) is 48.7 Å². The molecule has 4 N–H and O–H groups in total. The van der Waals surface area contributed by atoms with E-state index in [0.717, 1.165) is 95.9 Å². The maximum atomic E-state index is 13.7. The summed E-state index contributed by atoms with van der Waals surface area (Å²) in [6.45, 7) is 8.27. The SMILES string of the molecule is COC(=O)N[C@H](C(=O)N(C)[C@H]1CCC[C@@H]1c1ncc(-c2ccc(-c3ccc4c(c3)CCc3[nH]c([C@@H]5CCCN5C(=O)[C@@H](NC(=O)OC)C(C)C)nc3-4)cc2)[nH]1)C(C)C. The first-order chi connectivity index (χ1) is 27.9. The number of aromatic nitrogens is 4. The Balaban J connectivity index is 1.04. The average molecular weight is 793 g/mol. The number of fused-ring (bicyclic) bond motifs is 3. The van der Waals surface area contributed by atoms with Crippen LogP contribution in [-0.4, -0.2) is 99.7 Å². The minimum atomic E-state index is -0.679. The van der Waals surface area contributed by atoms with Crippen LogP contribution in [0, 0.1) is 11.8 Å². The number of aryl methyl sites for hydroxylation is 2. The van der Waals surface area contributed by atoms with Gasteiger partial charge in [0.25, 0.3) is 0 Å². The highest BCUT2D eigenvalue weighted by molar-refractivity contribution is 5.87. The quantitative estimate of drug-likeness (QED) is 0.129. The van der Waals surface area contributed by atoms with Crippen molar-refractivity contribution in [3.63, 3.8) is 0 Å². The molecule has 4 amide bonds. The van der Waals surface area contributed by atoms with E-state index in [0.29, 0.717) is 6.54 Å². The van der Waals surface area contributed by atoms with E-state index < -0.39 is 24.3 Å². The van der Waals surface area contributed by atoms with E-state index in [1.807, 2.05) is 45.8 Å². The van der Waals surface area contributed by atoms with Crippen LogP contribution < -0.4 is 10.6 Å². The number of H-pyrrole nitrogens is 2. The van der Waals surface area contributed by atoms with Crippen molar-refractivity contribution < 1.29 is 28.7 Å². The van der Waals surface area contributed by atoms with Crippen LogP contribution in [0.4, 0.5) is 9.59 Å². The lowest BCUT2D eigenvalue weighted by molar-refractivity contribution is -0.136. The van der Waals surface area contributed by atoms with Crippen molar-refractivity contribution >= 4 is 24.0 Å². The van der Waals surface area contributed by atoms with Gasteiger partial charge in [-0.05, 0) is 72.6 Å². The smallest absolute Gasteiger partial charge is 0.407 e. The first-order valence-electron chi connectivity index (χ1n) is 20.5. The Kier molecular flexibility index (Phi) is 11.9. The molecule has 58 heavy (non-hydrogen) atoms. The van der Waals surface area contributed by atoms with Crippen molar-refractivity contribution in [2.45, 2.75) is 103 Å². The molecule has 7 rings (SSSR count). The summed E-state index contributed by atoms with van der Waals surface area (Å²) in [6.07, 6.45) is 6.77. The zero-order valence-corrected chi connectivity index (χ0v) is 34.6. The third-order valence-electron chi connectivity index (χ3n) is 12.2. The summed E-state index contributed by atoms with van der Waals surface area (Å²) >= 11 is 0. The number of nitrogens with one attached hydrogen (secondary N) is 4. The first-order valence-corrected chi connectivity index (χ1v) is 20.5. The number of hydrogen-bond donors (Lipinski definition) is 4. The molecule has 0 bridgehead atoms. The van der Waals surface area contributed by atoms with Gasteiger partial charge >= 0.3 is 12.2 Å². The number of imidazole rings is 2. The summed E-state index contributed by atoms with van der Waals surface area (Å²) < 4.78 is 9.56. The van der Waals surface area contributed by atoms with Gasteiger partial charge in [-0.15, -0.1) is 0 Å².